The Morgan fingerprint density at radius 1 is 1.15 bits per heavy atom. The third kappa shape index (κ3) is 3.47. The lowest BCUT2D eigenvalue weighted by atomic mass is 9.59. The molecule has 2 unspecified atom stereocenters. The maximum atomic E-state index is 13.7. The van der Waals surface area contributed by atoms with Crippen molar-refractivity contribution in [1.29, 1.82) is 0 Å². The fourth-order valence-corrected chi connectivity index (χ4v) is 6.05. The van der Waals surface area contributed by atoms with Gasteiger partial charge in [-0.2, -0.15) is 10.2 Å². The minimum absolute atomic E-state index is 0.0735. The zero-order valence-corrected chi connectivity index (χ0v) is 20.7. The Bertz CT molecular complexity index is 1210. The van der Waals surface area contributed by atoms with Crippen LogP contribution in [-0.4, -0.2) is 23.0 Å². The first-order valence-corrected chi connectivity index (χ1v) is 12.2. The Hall–Kier alpha value is -3.28. The van der Waals surface area contributed by atoms with Gasteiger partial charge in [0.1, 0.15) is 0 Å². The number of nitrogens with zero attached hydrogens (tertiary/aromatic N) is 4. The molecule has 2 aliphatic heterocycles. The number of carbonyl (C=O) groups is 1. The zero-order valence-electron chi connectivity index (χ0n) is 20.7. The van der Waals surface area contributed by atoms with Crippen LogP contribution in [0.2, 0.25) is 0 Å². The molecule has 0 saturated carbocycles. The fourth-order valence-electron chi connectivity index (χ4n) is 6.05. The van der Waals surface area contributed by atoms with Crippen molar-refractivity contribution in [1.82, 2.24) is 10.3 Å². The molecule has 1 aromatic heterocycles. The number of allylic oxidation sites excluding steroid dienone is 2. The number of anilines is 2. The van der Waals surface area contributed by atoms with Gasteiger partial charge in [0, 0.05) is 41.2 Å². The van der Waals surface area contributed by atoms with Crippen molar-refractivity contribution in [2.24, 2.45) is 15.6 Å². The molecule has 2 aromatic rings. The van der Waals surface area contributed by atoms with Crippen LogP contribution >= 0.6 is 0 Å². The van der Waals surface area contributed by atoms with Gasteiger partial charge >= 0.3 is 0 Å². The van der Waals surface area contributed by atoms with Crippen LogP contribution in [0.4, 0.5) is 11.4 Å². The maximum absolute atomic E-state index is 13.7. The third-order valence-corrected chi connectivity index (χ3v) is 7.37. The Balaban J connectivity index is 1.70. The van der Waals surface area contributed by atoms with E-state index >= 15 is 0 Å². The molecule has 6 heteroatoms. The highest BCUT2D eigenvalue weighted by molar-refractivity contribution is 6.01. The molecule has 0 fully saturated rings. The monoisotopic (exact) mass is 455 g/mol. The Morgan fingerprint density at radius 2 is 1.94 bits per heavy atom. The molecule has 3 heterocycles. The first-order valence-electron chi connectivity index (χ1n) is 12.2. The summed E-state index contributed by atoms with van der Waals surface area (Å²) < 4.78 is 0. The number of hydrogen-bond acceptors (Lipinski definition) is 6. The van der Waals surface area contributed by atoms with Crippen molar-refractivity contribution >= 4 is 17.2 Å². The third-order valence-electron chi connectivity index (χ3n) is 7.37. The summed E-state index contributed by atoms with van der Waals surface area (Å²) in [5, 5.41) is 12.3. The van der Waals surface area contributed by atoms with E-state index in [9.17, 15) is 4.79 Å². The number of carbonyl (C=O) groups excluding carboxylic acids is 1. The molecule has 34 heavy (non-hydrogen) atoms. The van der Waals surface area contributed by atoms with Crippen molar-refractivity contribution in [2.45, 2.75) is 71.5 Å². The number of azo groups is 1. The van der Waals surface area contributed by atoms with Gasteiger partial charge in [0.05, 0.1) is 23.5 Å². The summed E-state index contributed by atoms with van der Waals surface area (Å²) >= 11 is 0. The smallest absolute Gasteiger partial charge is 0.164 e. The van der Waals surface area contributed by atoms with Crippen LogP contribution in [0.3, 0.4) is 0 Å². The number of aromatic nitrogens is 1. The molecule has 5 rings (SSSR count). The molecular weight excluding hydrogens is 422 g/mol. The Kier molecular flexibility index (Phi) is 5.42. The van der Waals surface area contributed by atoms with Crippen molar-refractivity contribution in [2.75, 3.05) is 4.90 Å². The van der Waals surface area contributed by atoms with Crippen LogP contribution in [0.25, 0.3) is 0 Å². The summed E-state index contributed by atoms with van der Waals surface area (Å²) in [6.45, 7) is 10.9. The van der Waals surface area contributed by atoms with Gasteiger partial charge in [0.2, 0.25) is 0 Å². The SMILES string of the molecule is CCC1(c2cccc(N(c3cccnc3)C(C)C)c2)C2=CN=NC2NC2=C1C(=O)CC(C)(C)C2. The number of pyridine rings is 1. The predicted octanol–water partition coefficient (Wildman–Crippen LogP) is 6.20. The van der Waals surface area contributed by atoms with Gasteiger partial charge in [-0.25, -0.2) is 0 Å². The van der Waals surface area contributed by atoms with Gasteiger partial charge in [-0.05, 0) is 61.9 Å². The highest BCUT2D eigenvalue weighted by Gasteiger charge is 2.53. The summed E-state index contributed by atoms with van der Waals surface area (Å²) in [5.41, 5.74) is 5.63. The van der Waals surface area contributed by atoms with E-state index in [1.54, 1.807) is 6.20 Å². The van der Waals surface area contributed by atoms with E-state index < -0.39 is 5.41 Å². The first kappa shape index (κ1) is 22.5. The van der Waals surface area contributed by atoms with Gasteiger partial charge in [0.15, 0.2) is 11.9 Å². The number of fused-ring (bicyclic) bond motifs is 1. The van der Waals surface area contributed by atoms with E-state index in [1.807, 2.05) is 18.5 Å². The molecule has 0 radical (unpaired) electrons. The summed E-state index contributed by atoms with van der Waals surface area (Å²) in [6, 6.07) is 12.9. The molecule has 1 aliphatic carbocycles. The lowest BCUT2D eigenvalue weighted by Crippen LogP contribution is -2.51. The summed E-state index contributed by atoms with van der Waals surface area (Å²) in [7, 11) is 0. The average molecular weight is 456 g/mol. The molecule has 0 spiro atoms. The quantitative estimate of drug-likeness (QED) is 0.583. The Morgan fingerprint density at radius 3 is 2.65 bits per heavy atom. The zero-order chi connectivity index (χ0) is 24.1. The van der Waals surface area contributed by atoms with E-state index in [1.165, 1.54) is 0 Å². The maximum Gasteiger partial charge on any atom is 0.164 e. The standard InChI is InChI=1S/C28H33N5O/c1-6-28(19-9-7-10-20(13-19)33(18(2)3)21-11-8-12-29-16-21)22-17-30-32-26(22)31-23-14-27(4,5)15-24(34)25(23)28/h7-13,16-18,26,31H,6,14-15H2,1-5H3. The Labute approximate surface area is 201 Å². The van der Waals surface area contributed by atoms with Crippen molar-refractivity contribution in [3.63, 3.8) is 0 Å². The molecule has 2 atom stereocenters. The molecule has 0 saturated heterocycles. The molecule has 1 N–H and O–H groups in total. The van der Waals surface area contributed by atoms with E-state index in [4.69, 9.17) is 0 Å². The predicted molar refractivity (Wildman–Crippen MR) is 135 cm³/mol. The van der Waals surface area contributed by atoms with E-state index in [0.29, 0.717) is 6.42 Å². The van der Waals surface area contributed by atoms with Crippen LogP contribution in [0, 0.1) is 5.41 Å². The second-order valence-corrected chi connectivity index (χ2v) is 10.6. The minimum Gasteiger partial charge on any atom is -0.362 e. The highest BCUT2D eigenvalue weighted by Crippen LogP contribution is 2.54. The first-order chi connectivity index (χ1) is 16.3. The van der Waals surface area contributed by atoms with E-state index in [-0.39, 0.29) is 23.4 Å². The van der Waals surface area contributed by atoms with Gasteiger partial charge in [0.25, 0.3) is 0 Å². The van der Waals surface area contributed by atoms with Gasteiger partial charge in [-0.15, -0.1) is 0 Å². The van der Waals surface area contributed by atoms with Gasteiger partial charge < -0.3 is 10.2 Å². The largest absolute Gasteiger partial charge is 0.362 e. The molecular formula is C28H33N5O. The normalized spacial score (nSPS) is 25.1. The number of ketones is 1. The average Bonchev–Trinajstić information content (AvgIpc) is 3.26. The van der Waals surface area contributed by atoms with E-state index in [2.05, 4.69) is 90.4 Å². The fraction of sp³-hybridized carbons (Fsp3) is 0.429. The molecule has 0 bridgehead atoms. The number of rotatable bonds is 5. The molecule has 176 valence electrons. The van der Waals surface area contributed by atoms with Gasteiger partial charge in [-0.3, -0.25) is 9.78 Å². The minimum atomic E-state index is -0.546. The lowest BCUT2D eigenvalue weighted by Gasteiger charge is -2.48. The number of Topliss-reactive ketones (excluding diaryl/α,β-unsaturated/α-hetero) is 1. The lowest BCUT2D eigenvalue weighted by molar-refractivity contribution is -0.119. The summed E-state index contributed by atoms with van der Waals surface area (Å²) in [5.74, 6) is 0.227. The van der Waals surface area contributed by atoms with Crippen LogP contribution in [0.1, 0.15) is 59.4 Å². The van der Waals surface area contributed by atoms with Crippen LogP contribution in [-0.2, 0) is 10.2 Å². The van der Waals surface area contributed by atoms with E-state index in [0.717, 1.165) is 46.6 Å². The second kappa shape index (κ2) is 8.19. The number of nitrogens with one attached hydrogen (secondary N) is 1. The van der Waals surface area contributed by atoms with Crippen LogP contribution < -0.4 is 10.2 Å². The van der Waals surface area contributed by atoms with Gasteiger partial charge in [-0.1, -0.05) is 32.9 Å². The molecule has 1 aromatic carbocycles. The number of benzene rings is 1. The van der Waals surface area contributed by atoms with Crippen molar-refractivity contribution in [3.05, 3.63) is 77.4 Å². The van der Waals surface area contributed by atoms with Crippen molar-refractivity contribution in [3.8, 4) is 0 Å². The van der Waals surface area contributed by atoms with Crippen molar-refractivity contribution < 1.29 is 4.79 Å². The number of hydrogen-bond donors (Lipinski definition) is 1. The molecule has 0 amide bonds. The topological polar surface area (TPSA) is 70.0 Å². The summed E-state index contributed by atoms with van der Waals surface area (Å²) in [4.78, 5) is 20.4. The second-order valence-electron chi connectivity index (χ2n) is 10.6. The van der Waals surface area contributed by atoms with Crippen LogP contribution in [0.15, 0.2) is 82.1 Å². The summed E-state index contributed by atoms with van der Waals surface area (Å²) in [6.07, 6.45) is 7.49. The highest BCUT2D eigenvalue weighted by atomic mass is 16.1. The van der Waals surface area contributed by atoms with Crippen LogP contribution in [0.5, 0.6) is 0 Å². The molecule has 6 nitrogen and oxygen atoms in total. The molecule has 3 aliphatic rings.